The number of nitrogens with one attached hydrogen (secondary N) is 1. The van der Waals surface area contributed by atoms with Gasteiger partial charge in [0.15, 0.2) is 0 Å². The predicted octanol–water partition coefficient (Wildman–Crippen LogP) is 1.16. The van der Waals surface area contributed by atoms with Gasteiger partial charge in [-0.15, -0.1) is 0 Å². The van der Waals surface area contributed by atoms with Gasteiger partial charge in [0, 0.05) is 0 Å². The minimum absolute atomic E-state index is 0.0554. The molecule has 1 aliphatic carbocycles. The number of nitrogens with zero attached hydrogens (tertiary/aromatic N) is 2. The van der Waals surface area contributed by atoms with Crippen molar-refractivity contribution in [2.75, 3.05) is 0 Å². The van der Waals surface area contributed by atoms with E-state index in [9.17, 15) is 14.4 Å². The average Bonchev–Trinajstić information content (AvgIpc) is 3.43. The zero-order valence-corrected chi connectivity index (χ0v) is 16.2. The van der Waals surface area contributed by atoms with Crippen LogP contribution in [0, 0.1) is 0 Å². The van der Waals surface area contributed by atoms with Crippen LogP contribution < -0.4 is 5.32 Å². The van der Waals surface area contributed by atoms with Crippen LogP contribution in [-0.4, -0.2) is 52.8 Å². The van der Waals surface area contributed by atoms with Gasteiger partial charge in [0.2, 0.25) is 0 Å². The fourth-order valence-electron chi connectivity index (χ4n) is 2.57. The summed E-state index contributed by atoms with van der Waals surface area (Å²) in [6.45, 7) is 1.97. The fourth-order valence-corrected chi connectivity index (χ4v) is 5.39. The third-order valence-electron chi connectivity index (χ3n) is 4.37. The summed E-state index contributed by atoms with van der Waals surface area (Å²) in [6.07, 6.45) is 5.49. The standard InChI is InChI=1S/C18H18AsN3O4/c1-11(12-2-4-13(5-3-12)16(24)25)19-17(26)18(6-7-18)22-15(23)14-8-20-10-21-9-14/h2-5,8-11,19H,6-7H2,1H3,(H,22,23)(H,24,25). The number of carbonyl (C=O) groups excluding carboxylic acids is 2. The van der Waals surface area contributed by atoms with Gasteiger partial charge in [0.05, 0.1) is 0 Å². The van der Waals surface area contributed by atoms with Crippen LogP contribution in [-0.2, 0) is 4.79 Å². The van der Waals surface area contributed by atoms with E-state index in [4.69, 9.17) is 5.11 Å². The fraction of sp³-hybridized carbons (Fsp3) is 0.278. The van der Waals surface area contributed by atoms with E-state index >= 15 is 0 Å². The molecule has 1 aliphatic rings. The molecule has 8 heteroatoms. The van der Waals surface area contributed by atoms with Crippen LogP contribution in [0.3, 0.4) is 0 Å². The molecular weight excluding hydrogens is 397 g/mol. The molecule has 1 aromatic carbocycles. The third kappa shape index (κ3) is 3.99. The molecule has 2 N–H and O–H groups in total. The zero-order valence-electron chi connectivity index (χ0n) is 14.1. The summed E-state index contributed by atoms with van der Waals surface area (Å²) in [4.78, 5) is 43.6. The molecule has 1 heterocycles. The van der Waals surface area contributed by atoms with Crippen molar-refractivity contribution in [3.63, 3.8) is 0 Å². The summed E-state index contributed by atoms with van der Waals surface area (Å²) < 4.78 is 0.164. The maximum atomic E-state index is 12.8. The molecule has 1 fully saturated rings. The van der Waals surface area contributed by atoms with E-state index in [1.54, 1.807) is 24.3 Å². The van der Waals surface area contributed by atoms with Crippen molar-refractivity contribution in [3.8, 4) is 0 Å². The second-order valence-electron chi connectivity index (χ2n) is 6.29. The summed E-state index contributed by atoms with van der Waals surface area (Å²) >= 11 is -1.02. The summed E-state index contributed by atoms with van der Waals surface area (Å²) in [7, 11) is 0. The summed E-state index contributed by atoms with van der Waals surface area (Å²) in [5.41, 5.74) is 0.761. The van der Waals surface area contributed by atoms with Gasteiger partial charge in [-0.05, 0) is 0 Å². The maximum absolute atomic E-state index is 12.8. The summed E-state index contributed by atoms with van der Waals surface area (Å²) in [6, 6.07) is 6.61. The number of carboxylic acid groups (broad SMARTS) is 1. The first-order chi connectivity index (χ1) is 12.4. The Kier molecular flexibility index (Phi) is 5.18. The van der Waals surface area contributed by atoms with Crippen molar-refractivity contribution >= 4 is 32.2 Å². The molecule has 1 amide bonds. The number of hydrogen-bond donors (Lipinski definition) is 2. The molecule has 2 aromatic rings. The van der Waals surface area contributed by atoms with Gasteiger partial charge in [-0.2, -0.15) is 0 Å². The van der Waals surface area contributed by atoms with Crippen molar-refractivity contribution in [2.45, 2.75) is 30.0 Å². The second-order valence-corrected chi connectivity index (χ2v) is 9.66. The number of hydrogen-bond acceptors (Lipinski definition) is 5. The number of aromatic nitrogens is 2. The van der Waals surface area contributed by atoms with Crippen LogP contribution in [0.5, 0.6) is 0 Å². The Labute approximate surface area is 156 Å². The normalized spacial score (nSPS) is 16.2. The van der Waals surface area contributed by atoms with Gasteiger partial charge in [-0.3, -0.25) is 0 Å². The second kappa shape index (κ2) is 7.38. The van der Waals surface area contributed by atoms with Gasteiger partial charge in [0.1, 0.15) is 0 Å². The van der Waals surface area contributed by atoms with Crippen LogP contribution >= 0.6 is 0 Å². The average molecular weight is 415 g/mol. The Morgan fingerprint density at radius 3 is 2.27 bits per heavy atom. The molecule has 26 heavy (non-hydrogen) atoms. The van der Waals surface area contributed by atoms with E-state index in [0.29, 0.717) is 18.4 Å². The number of rotatable bonds is 7. The number of benzene rings is 1. The van der Waals surface area contributed by atoms with Crippen molar-refractivity contribution in [2.24, 2.45) is 0 Å². The van der Waals surface area contributed by atoms with Crippen LogP contribution in [0.2, 0.25) is 0 Å². The molecule has 1 saturated carbocycles. The number of aromatic carboxylic acids is 1. The molecule has 2 atom stereocenters. The number of amides is 1. The summed E-state index contributed by atoms with van der Waals surface area (Å²) in [5.74, 6) is -1.30. The zero-order chi connectivity index (χ0) is 18.7. The molecule has 0 spiro atoms. The van der Waals surface area contributed by atoms with E-state index in [1.807, 2.05) is 6.92 Å². The minimum atomic E-state index is -1.02. The molecule has 0 aliphatic heterocycles. The molecular formula is C18H18AsN3O4. The van der Waals surface area contributed by atoms with E-state index in [-0.39, 0.29) is 20.7 Å². The molecule has 134 valence electrons. The first-order valence-electron chi connectivity index (χ1n) is 8.13. The van der Waals surface area contributed by atoms with E-state index in [1.165, 1.54) is 18.7 Å². The Hall–Kier alpha value is -2.53. The first kappa shape index (κ1) is 18.3. The SMILES string of the molecule is CC([AsH]C(=O)C1(NC(=O)c2cncnc2)CC1)c1ccc(C(=O)O)cc1. The number of carbonyl (C=O) groups is 3. The van der Waals surface area contributed by atoms with Crippen molar-refractivity contribution in [1.29, 1.82) is 0 Å². The molecule has 0 saturated heterocycles. The predicted molar refractivity (Wildman–Crippen MR) is 95.4 cm³/mol. The molecule has 0 bridgehead atoms. The Morgan fingerprint density at radius 1 is 1.12 bits per heavy atom. The molecule has 0 radical (unpaired) electrons. The quantitative estimate of drug-likeness (QED) is 0.657. The monoisotopic (exact) mass is 415 g/mol. The Morgan fingerprint density at radius 2 is 1.73 bits per heavy atom. The van der Waals surface area contributed by atoms with Gasteiger partial charge >= 0.3 is 157 Å². The van der Waals surface area contributed by atoms with Crippen LogP contribution in [0.15, 0.2) is 43.0 Å². The van der Waals surface area contributed by atoms with Crippen molar-refractivity contribution < 1.29 is 19.5 Å². The molecule has 1 aromatic heterocycles. The van der Waals surface area contributed by atoms with E-state index in [2.05, 4.69) is 15.3 Å². The van der Waals surface area contributed by atoms with Crippen molar-refractivity contribution in [3.05, 3.63) is 59.7 Å². The first-order valence-corrected chi connectivity index (χ1v) is 10.4. The topological polar surface area (TPSA) is 109 Å². The molecule has 2 unspecified atom stereocenters. The Bertz CT molecular complexity index is 835. The van der Waals surface area contributed by atoms with Crippen LogP contribution in [0.1, 0.15) is 50.8 Å². The Balaban J connectivity index is 1.63. The number of carboxylic acids is 1. The third-order valence-corrected chi connectivity index (χ3v) is 7.53. The summed E-state index contributed by atoms with van der Waals surface area (Å²) in [5, 5.41) is 11.8. The van der Waals surface area contributed by atoms with Gasteiger partial charge in [0.25, 0.3) is 0 Å². The molecule has 3 rings (SSSR count). The van der Waals surface area contributed by atoms with E-state index in [0.717, 1.165) is 5.56 Å². The van der Waals surface area contributed by atoms with Crippen LogP contribution in [0.25, 0.3) is 0 Å². The van der Waals surface area contributed by atoms with Gasteiger partial charge in [-0.25, -0.2) is 0 Å². The van der Waals surface area contributed by atoms with E-state index < -0.39 is 27.3 Å². The molecule has 7 nitrogen and oxygen atoms in total. The van der Waals surface area contributed by atoms with Gasteiger partial charge < -0.3 is 0 Å². The van der Waals surface area contributed by atoms with Crippen molar-refractivity contribution in [1.82, 2.24) is 15.3 Å². The van der Waals surface area contributed by atoms with Gasteiger partial charge in [-0.1, -0.05) is 0 Å². The van der Waals surface area contributed by atoms with Crippen LogP contribution in [0.4, 0.5) is 0 Å².